The second-order valence-corrected chi connectivity index (χ2v) is 6.63. The molecule has 1 aromatic carbocycles. The number of aliphatic hydroxyl groups excluding tert-OH is 1. The molecule has 1 heterocycles. The summed E-state index contributed by atoms with van der Waals surface area (Å²) in [6.07, 6.45) is 0.497. The number of thiophene rings is 1. The number of hydrogen-bond acceptors (Lipinski definition) is 2. The number of hydrogen-bond donors (Lipinski definition) is 1. The van der Waals surface area contributed by atoms with Crippen molar-refractivity contribution in [3.05, 3.63) is 56.7 Å². The molecule has 0 spiro atoms. The lowest BCUT2D eigenvalue weighted by atomic mass is 10.00. The fourth-order valence-electron chi connectivity index (χ4n) is 1.95. The maximum atomic E-state index is 10.2. The van der Waals surface area contributed by atoms with Crippen molar-refractivity contribution in [1.29, 1.82) is 0 Å². The first-order valence-electron chi connectivity index (χ1n) is 6.08. The highest BCUT2D eigenvalue weighted by molar-refractivity contribution is 7.16. The predicted molar refractivity (Wildman–Crippen MR) is 78.4 cm³/mol. The third kappa shape index (κ3) is 3.35. The van der Waals surface area contributed by atoms with Gasteiger partial charge in [-0.1, -0.05) is 49.7 Å². The Morgan fingerprint density at radius 2 is 1.78 bits per heavy atom. The molecule has 0 aliphatic carbocycles. The zero-order valence-corrected chi connectivity index (χ0v) is 12.1. The summed E-state index contributed by atoms with van der Waals surface area (Å²) in [6, 6.07) is 11.9. The lowest BCUT2D eigenvalue weighted by Gasteiger charge is -2.10. The standard InChI is InChI=1S/C15H17ClOS/c1-10(2)9-11-3-5-12(6-4-11)15(17)13-7-8-14(16)18-13/h3-8,10,15,17H,9H2,1-2H3. The van der Waals surface area contributed by atoms with Gasteiger partial charge in [0.2, 0.25) is 0 Å². The van der Waals surface area contributed by atoms with Gasteiger partial charge in [0.05, 0.1) is 4.34 Å². The van der Waals surface area contributed by atoms with Crippen LogP contribution in [0.1, 0.15) is 36.0 Å². The van der Waals surface area contributed by atoms with Crippen LogP contribution in [0.25, 0.3) is 0 Å². The third-order valence-electron chi connectivity index (χ3n) is 2.80. The minimum atomic E-state index is -0.574. The van der Waals surface area contributed by atoms with Gasteiger partial charge in [-0.15, -0.1) is 11.3 Å². The first-order chi connectivity index (χ1) is 8.56. The van der Waals surface area contributed by atoms with Crippen LogP contribution in [0.5, 0.6) is 0 Å². The maximum Gasteiger partial charge on any atom is 0.113 e. The highest BCUT2D eigenvalue weighted by Crippen LogP contribution is 2.31. The largest absolute Gasteiger partial charge is 0.383 e. The van der Waals surface area contributed by atoms with E-state index in [-0.39, 0.29) is 0 Å². The molecule has 1 unspecified atom stereocenters. The second kappa shape index (κ2) is 5.87. The molecule has 1 atom stereocenters. The van der Waals surface area contributed by atoms with E-state index < -0.39 is 6.10 Å². The van der Waals surface area contributed by atoms with Gasteiger partial charge in [-0.25, -0.2) is 0 Å². The molecule has 0 aliphatic rings. The van der Waals surface area contributed by atoms with Crippen LogP contribution in [0.15, 0.2) is 36.4 Å². The molecule has 0 radical (unpaired) electrons. The van der Waals surface area contributed by atoms with Crippen molar-refractivity contribution in [3.63, 3.8) is 0 Å². The molecule has 0 aliphatic heterocycles. The molecule has 1 nitrogen and oxygen atoms in total. The van der Waals surface area contributed by atoms with E-state index in [2.05, 4.69) is 26.0 Å². The van der Waals surface area contributed by atoms with Crippen molar-refractivity contribution in [2.45, 2.75) is 26.4 Å². The lowest BCUT2D eigenvalue weighted by molar-refractivity contribution is 0.224. The first kappa shape index (κ1) is 13.6. The minimum Gasteiger partial charge on any atom is -0.383 e. The highest BCUT2D eigenvalue weighted by atomic mass is 35.5. The van der Waals surface area contributed by atoms with Crippen molar-refractivity contribution in [2.75, 3.05) is 0 Å². The summed E-state index contributed by atoms with van der Waals surface area (Å²) < 4.78 is 0.709. The van der Waals surface area contributed by atoms with Crippen molar-refractivity contribution in [2.24, 2.45) is 5.92 Å². The Morgan fingerprint density at radius 1 is 1.11 bits per heavy atom. The fourth-order valence-corrected chi connectivity index (χ4v) is 3.02. The SMILES string of the molecule is CC(C)Cc1ccc(C(O)c2ccc(Cl)s2)cc1. The molecule has 3 heteroatoms. The van der Waals surface area contributed by atoms with E-state index in [0.29, 0.717) is 10.3 Å². The first-order valence-corrected chi connectivity index (χ1v) is 7.28. The van der Waals surface area contributed by atoms with Crippen molar-refractivity contribution >= 4 is 22.9 Å². The average Bonchev–Trinajstić information content (AvgIpc) is 2.75. The summed E-state index contributed by atoms with van der Waals surface area (Å²) in [6.45, 7) is 4.41. The Morgan fingerprint density at radius 3 is 2.28 bits per heavy atom. The van der Waals surface area contributed by atoms with Gasteiger partial charge >= 0.3 is 0 Å². The van der Waals surface area contributed by atoms with E-state index in [9.17, 15) is 5.11 Å². The van der Waals surface area contributed by atoms with Gasteiger partial charge in [-0.3, -0.25) is 0 Å². The van der Waals surface area contributed by atoms with Crippen LogP contribution in [-0.2, 0) is 6.42 Å². The van der Waals surface area contributed by atoms with E-state index in [1.165, 1.54) is 16.9 Å². The average molecular weight is 281 g/mol. The minimum absolute atomic E-state index is 0.574. The fraction of sp³-hybridized carbons (Fsp3) is 0.333. The van der Waals surface area contributed by atoms with Gasteiger partial charge in [0.1, 0.15) is 6.10 Å². The number of halogens is 1. The Labute approximate surface area is 117 Å². The van der Waals surface area contributed by atoms with Crippen molar-refractivity contribution in [3.8, 4) is 0 Å². The summed E-state index contributed by atoms with van der Waals surface area (Å²) in [5, 5.41) is 10.2. The van der Waals surface area contributed by atoms with Gasteiger partial charge < -0.3 is 5.11 Å². The molecular weight excluding hydrogens is 264 g/mol. The van der Waals surface area contributed by atoms with Crippen LogP contribution >= 0.6 is 22.9 Å². The smallest absolute Gasteiger partial charge is 0.113 e. The van der Waals surface area contributed by atoms with E-state index in [0.717, 1.165) is 16.9 Å². The normalized spacial score (nSPS) is 12.9. The molecule has 0 fully saturated rings. The summed E-state index contributed by atoms with van der Waals surface area (Å²) in [5.74, 6) is 0.650. The molecular formula is C15H17ClOS. The molecule has 0 saturated carbocycles. The Balaban J connectivity index is 2.14. The van der Waals surface area contributed by atoms with E-state index >= 15 is 0 Å². The van der Waals surface area contributed by atoms with Gasteiger partial charge in [-0.05, 0) is 35.6 Å². The topological polar surface area (TPSA) is 20.2 Å². The monoisotopic (exact) mass is 280 g/mol. The summed E-state index contributed by atoms with van der Waals surface area (Å²) in [7, 11) is 0. The van der Waals surface area contributed by atoms with Crippen molar-refractivity contribution < 1.29 is 5.11 Å². The number of benzene rings is 1. The van der Waals surface area contributed by atoms with Crippen LogP contribution in [0.2, 0.25) is 4.34 Å². The Bertz CT molecular complexity index is 501. The van der Waals surface area contributed by atoms with Crippen LogP contribution in [0.4, 0.5) is 0 Å². The quantitative estimate of drug-likeness (QED) is 0.862. The number of aliphatic hydroxyl groups is 1. The molecule has 2 aromatic rings. The summed E-state index contributed by atoms with van der Waals surface area (Å²) in [5.41, 5.74) is 2.23. The van der Waals surface area contributed by atoms with Crippen LogP contribution < -0.4 is 0 Å². The van der Waals surface area contributed by atoms with Gasteiger partial charge in [-0.2, -0.15) is 0 Å². The zero-order chi connectivity index (χ0) is 13.1. The van der Waals surface area contributed by atoms with Crippen LogP contribution in [0.3, 0.4) is 0 Å². The third-order valence-corrected chi connectivity index (χ3v) is 4.09. The van der Waals surface area contributed by atoms with Crippen molar-refractivity contribution in [1.82, 2.24) is 0 Å². The molecule has 0 bridgehead atoms. The summed E-state index contributed by atoms with van der Waals surface area (Å²) in [4.78, 5) is 0.886. The van der Waals surface area contributed by atoms with Gasteiger partial charge in [0.15, 0.2) is 0 Å². The zero-order valence-electron chi connectivity index (χ0n) is 10.6. The molecule has 0 saturated heterocycles. The summed E-state index contributed by atoms with van der Waals surface area (Å²) >= 11 is 7.30. The Kier molecular flexibility index (Phi) is 4.44. The van der Waals surface area contributed by atoms with Gasteiger partial charge in [0, 0.05) is 4.88 Å². The molecule has 1 N–H and O–H groups in total. The molecule has 1 aromatic heterocycles. The molecule has 96 valence electrons. The number of rotatable bonds is 4. The van der Waals surface area contributed by atoms with E-state index in [4.69, 9.17) is 11.6 Å². The lowest BCUT2D eigenvalue weighted by Crippen LogP contribution is -1.98. The second-order valence-electron chi connectivity index (χ2n) is 4.88. The highest BCUT2D eigenvalue weighted by Gasteiger charge is 2.12. The van der Waals surface area contributed by atoms with E-state index in [1.807, 2.05) is 24.3 Å². The maximum absolute atomic E-state index is 10.2. The van der Waals surface area contributed by atoms with Crippen LogP contribution in [-0.4, -0.2) is 5.11 Å². The van der Waals surface area contributed by atoms with Gasteiger partial charge in [0.25, 0.3) is 0 Å². The predicted octanol–water partition coefficient (Wildman–Crippen LogP) is 4.68. The molecule has 2 rings (SSSR count). The molecule has 18 heavy (non-hydrogen) atoms. The Hall–Kier alpha value is -0.830. The van der Waals surface area contributed by atoms with Crippen LogP contribution in [0, 0.1) is 5.92 Å². The molecule has 0 amide bonds. The van der Waals surface area contributed by atoms with E-state index in [1.54, 1.807) is 0 Å².